The summed E-state index contributed by atoms with van der Waals surface area (Å²) < 4.78 is 10.2. The lowest BCUT2D eigenvalue weighted by Crippen LogP contribution is -2.10. The molecule has 0 spiro atoms. The Balaban J connectivity index is 2.18. The molecule has 3 aromatic rings. The third-order valence-corrected chi connectivity index (χ3v) is 4.20. The number of carbonyl (C=O) groups excluding carboxylic acids is 2. The van der Waals surface area contributed by atoms with Crippen LogP contribution in [0.2, 0.25) is 5.02 Å². The molecule has 28 heavy (non-hydrogen) atoms. The summed E-state index contributed by atoms with van der Waals surface area (Å²) in [4.78, 5) is 29.0. The average Bonchev–Trinajstić information content (AvgIpc) is 2.68. The molecule has 0 aliphatic heterocycles. The largest absolute Gasteiger partial charge is 0.462 e. The highest BCUT2D eigenvalue weighted by molar-refractivity contribution is 6.30. The first kappa shape index (κ1) is 19.6. The lowest BCUT2D eigenvalue weighted by atomic mass is 10.1. The van der Waals surface area contributed by atoms with Crippen LogP contribution >= 0.6 is 11.6 Å². The molecule has 1 N–H and O–H groups in total. The Bertz CT molecular complexity index is 1030. The number of pyridine rings is 1. The maximum absolute atomic E-state index is 12.5. The summed E-state index contributed by atoms with van der Waals surface area (Å²) in [6, 6.07) is 12.1. The second-order valence-electron chi connectivity index (χ2n) is 5.86. The van der Waals surface area contributed by atoms with Gasteiger partial charge in [0.2, 0.25) is 0 Å². The number of rotatable bonds is 6. The first-order valence-electron chi connectivity index (χ1n) is 8.83. The van der Waals surface area contributed by atoms with E-state index in [1.807, 2.05) is 6.07 Å². The van der Waals surface area contributed by atoms with Gasteiger partial charge in [-0.1, -0.05) is 17.7 Å². The van der Waals surface area contributed by atoms with Crippen molar-refractivity contribution in [1.29, 1.82) is 0 Å². The number of fused-ring (bicyclic) bond motifs is 1. The van der Waals surface area contributed by atoms with Crippen molar-refractivity contribution in [3.63, 3.8) is 0 Å². The van der Waals surface area contributed by atoms with E-state index in [0.717, 1.165) is 0 Å². The van der Waals surface area contributed by atoms with Crippen LogP contribution in [0.15, 0.2) is 48.7 Å². The summed E-state index contributed by atoms with van der Waals surface area (Å²) >= 11 is 6.08. The summed E-state index contributed by atoms with van der Waals surface area (Å²) in [5.41, 5.74) is 2.41. The van der Waals surface area contributed by atoms with Crippen LogP contribution in [0.25, 0.3) is 10.9 Å². The number of benzene rings is 2. The van der Waals surface area contributed by atoms with Crippen LogP contribution in [0.1, 0.15) is 34.6 Å². The van der Waals surface area contributed by atoms with Crippen molar-refractivity contribution in [3.8, 4) is 0 Å². The standard InChI is InChI=1S/C21H19ClN2O4/c1-3-27-20(25)13-8-9-18-16(10-13)19(17(12-23-18)21(26)28-4-2)24-15-7-5-6-14(22)11-15/h5-12H,3-4H2,1-2H3,(H,23,24). The number of hydrogen-bond donors (Lipinski definition) is 1. The van der Waals surface area contributed by atoms with Gasteiger partial charge in [-0.3, -0.25) is 4.98 Å². The van der Waals surface area contributed by atoms with Crippen molar-refractivity contribution < 1.29 is 19.1 Å². The quantitative estimate of drug-likeness (QED) is 0.589. The number of aromatic nitrogens is 1. The highest BCUT2D eigenvalue weighted by Crippen LogP contribution is 2.31. The van der Waals surface area contributed by atoms with Crippen LogP contribution in [0, 0.1) is 0 Å². The summed E-state index contributed by atoms with van der Waals surface area (Å²) in [7, 11) is 0. The molecule has 3 rings (SSSR count). The van der Waals surface area contributed by atoms with Gasteiger partial charge in [0.25, 0.3) is 0 Å². The van der Waals surface area contributed by atoms with Gasteiger partial charge in [0.1, 0.15) is 5.56 Å². The lowest BCUT2D eigenvalue weighted by Gasteiger charge is -2.15. The second kappa shape index (κ2) is 8.71. The molecule has 0 aliphatic carbocycles. The molecule has 0 radical (unpaired) electrons. The van der Waals surface area contributed by atoms with E-state index in [0.29, 0.717) is 32.9 Å². The van der Waals surface area contributed by atoms with Gasteiger partial charge in [0.15, 0.2) is 0 Å². The minimum absolute atomic E-state index is 0.232. The van der Waals surface area contributed by atoms with Crippen molar-refractivity contribution in [2.45, 2.75) is 13.8 Å². The molecule has 7 heteroatoms. The highest BCUT2D eigenvalue weighted by atomic mass is 35.5. The first-order valence-corrected chi connectivity index (χ1v) is 9.20. The second-order valence-corrected chi connectivity index (χ2v) is 6.29. The molecule has 0 saturated heterocycles. The summed E-state index contributed by atoms with van der Waals surface area (Å²) in [5.74, 6) is -0.956. The normalized spacial score (nSPS) is 10.5. The van der Waals surface area contributed by atoms with Crippen LogP contribution in [-0.4, -0.2) is 30.1 Å². The van der Waals surface area contributed by atoms with E-state index in [1.165, 1.54) is 6.20 Å². The number of esters is 2. The third kappa shape index (κ3) is 4.23. The number of hydrogen-bond acceptors (Lipinski definition) is 6. The molecular weight excluding hydrogens is 380 g/mol. The molecule has 6 nitrogen and oxygen atoms in total. The van der Waals surface area contributed by atoms with Gasteiger partial charge < -0.3 is 14.8 Å². The van der Waals surface area contributed by atoms with E-state index in [9.17, 15) is 9.59 Å². The molecule has 0 atom stereocenters. The fraction of sp³-hybridized carbons (Fsp3) is 0.190. The van der Waals surface area contributed by atoms with Gasteiger partial charge >= 0.3 is 11.9 Å². The van der Waals surface area contributed by atoms with Gasteiger partial charge in [-0.05, 0) is 50.2 Å². The molecule has 1 heterocycles. The number of ether oxygens (including phenoxy) is 2. The zero-order chi connectivity index (χ0) is 20.1. The summed E-state index contributed by atoms with van der Waals surface area (Å²) in [6.07, 6.45) is 1.46. The highest BCUT2D eigenvalue weighted by Gasteiger charge is 2.18. The van der Waals surface area contributed by atoms with Gasteiger partial charge in [-0.15, -0.1) is 0 Å². The van der Waals surface area contributed by atoms with Crippen LogP contribution in [0.5, 0.6) is 0 Å². The predicted octanol–water partition coefficient (Wildman–Crippen LogP) is 4.99. The van der Waals surface area contributed by atoms with Crippen LogP contribution in [0.3, 0.4) is 0 Å². The van der Waals surface area contributed by atoms with Crippen molar-refractivity contribution in [3.05, 3.63) is 64.8 Å². The maximum atomic E-state index is 12.5. The maximum Gasteiger partial charge on any atom is 0.341 e. The number of nitrogens with one attached hydrogen (secondary N) is 1. The lowest BCUT2D eigenvalue weighted by molar-refractivity contribution is 0.0518. The average molecular weight is 399 g/mol. The van der Waals surface area contributed by atoms with Gasteiger partial charge in [0, 0.05) is 22.3 Å². The SMILES string of the molecule is CCOC(=O)c1ccc2ncc(C(=O)OCC)c(Nc3cccc(Cl)c3)c2c1. The first-order chi connectivity index (χ1) is 13.5. The van der Waals surface area contributed by atoms with Crippen molar-refractivity contribution >= 4 is 45.8 Å². The monoisotopic (exact) mass is 398 g/mol. The van der Waals surface area contributed by atoms with Gasteiger partial charge in [-0.2, -0.15) is 0 Å². The Morgan fingerprint density at radius 2 is 1.79 bits per heavy atom. The topological polar surface area (TPSA) is 77.5 Å². The molecule has 144 valence electrons. The molecule has 2 aromatic carbocycles. The molecule has 0 fully saturated rings. The number of halogens is 1. The van der Waals surface area contributed by atoms with Crippen molar-refractivity contribution in [2.24, 2.45) is 0 Å². The van der Waals surface area contributed by atoms with Crippen LogP contribution in [-0.2, 0) is 9.47 Å². The Labute approximate surface area is 167 Å². The van der Waals surface area contributed by atoms with Crippen molar-refractivity contribution in [1.82, 2.24) is 4.98 Å². The zero-order valence-electron chi connectivity index (χ0n) is 15.5. The Morgan fingerprint density at radius 3 is 2.50 bits per heavy atom. The van der Waals surface area contributed by atoms with Gasteiger partial charge in [-0.25, -0.2) is 9.59 Å². The number of carbonyl (C=O) groups is 2. The van der Waals surface area contributed by atoms with E-state index < -0.39 is 11.9 Å². The Kier molecular flexibility index (Phi) is 6.11. The molecule has 0 aliphatic rings. The molecule has 1 aromatic heterocycles. The van der Waals surface area contributed by atoms with Crippen LogP contribution in [0.4, 0.5) is 11.4 Å². The molecule has 0 amide bonds. The van der Waals surface area contributed by atoms with Gasteiger partial charge in [0.05, 0.1) is 30.0 Å². The van der Waals surface area contributed by atoms with E-state index in [-0.39, 0.29) is 18.8 Å². The minimum atomic E-state index is -0.511. The van der Waals surface area contributed by atoms with E-state index >= 15 is 0 Å². The number of nitrogens with zero attached hydrogens (tertiary/aromatic N) is 1. The Morgan fingerprint density at radius 1 is 1.04 bits per heavy atom. The van der Waals surface area contributed by atoms with E-state index in [1.54, 1.807) is 50.2 Å². The molecular formula is C21H19ClN2O4. The van der Waals surface area contributed by atoms with Crippen molar-refractivity contribution in [2.75, 3.05) is 18.5 Å². The zero-order valence-corrected chi connectivity index (χ0v) is 16.2. The predicted molar refractivity (Wildman–Crippen MR) is 108 cm³/mol. The van der Waals surface area contributed by atoms with Crippen LogP contribution < -0.4 is 5.32 Å². The third-order valence-electron chi connectivity index (χ3n) is 3.97. The fourth-order valence-corrected chi connectivity index (χ4v) is 2.93. The Hall–Kier alpha value is -3.12. The smallest absolute Gasteiger partial charge is 0.341 e. The van der Waals surface area contributed by atoms with E-state index in [2.05, 4.69) is 10.3 Å². The summed E-state index contributed by atoms with van der Waals surface area (Å²) in [6.45, 7) is 3.97. The number of anilines is 2. The summed E-state index contributed by atoms with van der Waals surface area (Å²) in [5, 5.41) is 4.36. The minimum Gasteiger partial charge on any atom is -0.462 e. The fourth-order valence-electron chi connectivity index (χ4n) is 2.74. The molecule has 0 saturated carbocycles. The van der Waals surface area contributed by atoms with E-state index in [4.69, 9.17) is 21.1 Å². The molecule has 0 unspecified atom stereocenters. The molecule has 0 bridgehead atoms.